The highest BCUT2D eigenvalue weighted by molar-refractivity contribution is 8.00. The number of amides is 2. The topological polar surface area (TPSA) is 117 Å². The van der Waals surface area contributed by atoms with Gasteiger partial charge >= 0.3 is 10.8 Å². The fourth-order valence-corrected chi connectivity index (χ4v) is 9.66. The number of para-hydroxylation sites is 1. The van der Waals surface area contributed by atoms with Crippen molar-refractivity contribution in [2.75, 3.05) is 13.7 Å². The van der Waals surface area contributed by atoms with Gasteiger partial charge in [-0.05, 0) is 30.2 Å². The number of fused-ring (bicyclic) bond motifs is 9. The van der Waals surface area contributed by atoms with E-state index in [1.807, 2.05) is 24.3 Å². The lowest BCUT2D eigenvalue weighted by Gasteiger charge is -2.43. The number of carbonyl (C=O) groups is 3. The number of thiazole rings is 1. The maximum atomic E-state index is 13.3. The molecule has 172 valence electrons. The third-order valence-electron chi connectivity index (χ3n) is 7.84. The number of H-pyrrole nitrogens is 1. The predicted octanol–water partition coefficient (Wildman–Crippen LogP) is 2.39. The van der Waals surface area contributed by atoms with E-state index in [0.29, 0.717) is 0 Å². The number of thioether (sulfide) groups is 1. The van der Waals surface area contributed by atoms with E-state index in [-0.39, 0.29) is 58.6 Å². The highest BCUT2D eigenvalue weighted by Gasteiger charge is 2.69. The molecule has 0 unspecified atom stereocenters. The van der Waals surface area contributed by atoms with Crippen molar-refractivity contribution >= 4 is 40.9 Å². The summed E-state index contributed by atoms with van der Waals surface area (Å²) in [4.78, 5) is 54.9. The summed E-state index contributed by atoms with van der Waals surface area (Å²) < 4.78 is 5.67. The second kappa shape index (κ2) is 7.46. The number of carbonyl (C=O) groups excluding carboxylic acids is 2. The van der Waals surface area contributed by atoms with Crippen LogP contribution < -0.4 is 9.61 Å². The van der Waals surface area contributed by atoms with E-state index in [2.05, 4.69) is 4.98 Å². The van der Waals surface area contributed by atoms with Crippen molar-refractivity contribution in [2.24, 2.45) is 29.6 Å². The standard InChI is InChI=1S/C23H22N2O6S2/c1-31-12-5-3-2-4-9(12)14-15-10-8-11(18(15)32-20-19(14)33-23(30)24-20)17-16(10)21(28)25(22(17)29)7-6-13(26)27/h2-5,10-11,14-18H,6-8H2,1H3,(H,24,30)(H,26,27)/t10-,11+,14-,15-,16+,17+,18-/m1/s1. The maximum Gasteiger partial charge on any atom is 0.305 e. The van der Waals surface area contributed by atoms with Gasteiger partial charge in [0.1, 0.15) is 5.75 Å². The fourth-order valence-electron chi connectivity index (χ4n) is 6.78. The lowest BCUT2D eigenvalue weighted by molar-refractivity contribution is -0.142. The molecule has 2 aliphatic carbocycles. The highest BCUT2D eigenvalue weighted by Crippen LogP contribution is 2.68. The van der Waals surface area contributed by atoms with Crippen molar-refractivity contribution < 1.29 is 24.2 Å². The number of ether oxygens (including phenoxy) is 1. The summed E-state index contributed by atoms with van der Waals surface area (Å²) in [7, 11) is 1.63. The zero-order valence-electron chi connectivity index (χ0n) is 17.7. The Kier molecular flexibility index (Phi) is 4.74. The summed E-state index contributed by atoms with van der Waals surface area (Å²) in [6.45, 7) is -0.0709. The van der Waals surface area contributed by atoms with Crippen LogP contribution in [0.4, 0.5) is 0 Å². The number of methoxy groups -OCH3 is 1. The number of carboxylic acids is 1. The number of likely N-dealkylation sites (tertiary alicyclic amines) is 1. The Bertz CT molecular complexity index is 1240. The molecule has 2 saturated carbocycles. The van der Waals surface area contributed by atoms with E-state index in [1.165, 1.54) is 16.2 Å². The van der Waals surface area contributed by atoms with E-state index >= 15 is 0 Å². The van der Waals surface area contributed by atoms with Crippen LogP contribution in [0.5, 0.6) is 5.75 Å². The molecule has 6 rings (SSSR count). The molecule has 3 heterocycles. The number of rotatable bonds is 5. The molecule has 2 amide bonds. The summed E-state index contributed by atoms with van der Waals surface area (Å²) in [6, 6.07) is 7.80. The summed E-state index contributed by atoms with van der Waals surface area (Å²) in [5.74, 6) is -1.51. The van der Waals surface area contributed by atoms with E-state index in [9.17, 15) is 19.2 Å². The largest absolute Gasteiger partial charge is 0.496 e. The molecule has 2 N–H and O–H groups in total. The Balaban J connectivity index is 1.43. The van der Waals surface area contributed by atoms with Crippen LogP contribution in [0.1, 0.15) is 29.2 Å². The Labute approximate surface area is 197 Å². The molecule has 0 radical (unpaired) electrons. The molecule has 8 nitrogen and oxygen atoms in total. The second-order valence-corrected chi connectivity index (χ2v) is 11.4. The number of hydrogen-bond donors (Lipinski definition) is 2. The molecular weight excluding hydrogens is 464 g/mol. The van der Waals surface area contributed by atoms with Gasteiger partial charge < -0.3 is 14.8 Å². The van der Waals surface area contributed by atoms with Crippen LogP contribution in [0, 0.1) is 29.6 Å². The van der Waals surface area contributed by atoms with Gasteiger partial charge in [-0.15, -0.1) is 11.8 Å². The normalized spacial score (nSPS) is 33.7. The number of nitrogens with one attached hydrogen (secondary N) is 1. The quantitative estimate of drug-likeness (QED) is 0.623. The number of hydrogen-bond acceptors (Lipinski definition) is 7. The Hall–Kier alpha value is -2.59. The monoisotopic (exact) mass is 486 g/mol. The molecule has 2 bridgehead atoms. The number of benzene rings is 1. The number of carboxylic acid groups (broad SMARTS) is 1. The first-order chi connectivity index (χ1) is 15.9. The van der Waals surface area contributed by atoms with Crippen molar-refractivity contribution in [3.05, 3.63) is 44.4 Å². The van der Waals surface area contributed by atoms with Gasteiger partial charge in [0.05, 0.1) is 30.4 Å². The van der Waals surface area contributed by atoms with Gasteiger partial charge in [-0.1, -0.05) is 29.5 Å². The van der Waals surface area contributed by atoms with Crippen LogP contribution in [0.15, 0.2) is 34.1 Å². The molecule has 0 spiro atoms. The van der Waals surface area contributed by atoms with E-state index in [0.717, 1.165) is 27.6 Å². The van der Waals surface area contributed by atoms with Crippen LogP contribution in [0.2, 0.25) is 0 Å². The minimum atomic E-state index is -1.02. The molecule has 3 fully saturated rings. The van der Waals surface area contributed by atoms with Crippen molar-refractivity contribution in [2.45, 2.75) is 29.0 Å². The van der Waals surface area contributed by atoms with Crippen LogP contribution in [0.3, 0.4) is 0 Å². The lowest BCUT2D eigenvalue weighted by Crippen LogP contribution is -2.42. The average Bonchev–Trinajstić information content (AvgIpc) is 3.51. The number of imide groups is 1. The Morgan fingerprint density at radius 1 is 1.18 bits per heavy atom. The summed E-state index contributed by atoms with van der Waals surface area (Å²) in [5.41, 5.74) is 0.996. The fraction of sp³-hybridized carbons (Fsp3) is 0.478. The van der Waals surface area contributed by atoms with Gasteiger partial charge in [-0.2, -0.15) is 0 Å². The average molecular weight is 487 g/mol. The number of nitrogens with zero attached hydrogens (tertiary/aromatic N) is 1. The number of aromatic amines is 1. The van der Waals surface area contributed by atoms with Crippen LogP contribution in [-0.4, -0.2) is 51.7 Å². The maximum absolute atomic E-state index is 13.3. The summed E-state index contributed by atoms with van der Waals surface area (Å²) in [5, 5.41) is 10.0. The van der Waals surface area contributed by atoms with Crippen LogP contribution in [0.25, 0.3) is 0 Å². The molecule has 2 aromatic rings. The Morgan fingerprint density at radius 3 is 2.64 bits per heavy atom. The zero-order chi connectivity index (χ0) is 23.0. The molecule has 4 aliphatic rings. The van der Waals surface area contributed by atoms with Gasteiger partial charge in [0.15, 0.2) is 0 Å². The first-order valence-corrected chi connectivity index (χ1v) is 12.7. The molecule has 1 aromatic carbocycles. The van der Waals surface area contributed by atoms with Crippen molar-refractivity contribution in [1.82, 2.24) is 9.88 Å². The predicted molar refractivity (Wildman–Crippen MR) is 120 cm³/mol. The van der Waals surface area contributed by atoms with Crippen molar-refractivity contribution in [1.29, 1.82) is 0 Å². The Morgan fingerprint density at radius 2 is 1.91 bits per heavy atom. The minimum Gasteiger partial charge on any atom is -0.496 e. The number of aliphatic carboxylic acids is 1. The zero-order valence-corrected chi connectivity index (χ0v) is 19.4. The van der Waals surface area contributed by atoms with Gasteiger partial charge in [-0.3, -0.25) is 24.1 Å². The molecule has 7 atom stereocenters. The van der Waals surface area contributed by atoms with Crippen molar-refractivity contribution in [3.63, 3.8) is 0 Å². The van der Waals surface area contributed by atoms with Gasteiger partial charge in [0.25, 0.3) is 0 Å². The molecule has 1 saturated heterocycles. The molecule has 10 heteroatoms. The van der Waals surface area contributed by atoms with E-state index < -0.39 is 17.8 Å². The first-order valence-electron chi connectivity index (χ1n) is 11.0. The highest BCUT2D eigenvalue weighted by atomic mass is 32.2. The molecule has 2 aliphatic heterocycles. The van der Waals surface area contributed by atoms with Gasteiger partial charge in [0.2, 0.25) is 11.8 Å². The lowest BCUT2D eigenvalue weighted by atomic mass is 9.68. The van der Waals surface area contributed by atoms with Gasteiger partial charge in [0, 0.05) is 28.2 Å². The third-order valence-corrected chi connectivity index (χ3v) is 10.4. The van der Waals surface area contributed by atoms with Gasteiger partial charge in [-0.25, -0.2) is 0 Å². The SMILES string of the molecule is COc1ccccc1[C@H]1c2sc(=O)[nH]c2S[C@@H]2[C@H]3C[C@@H]([C@@H]4C(=O)N(CCC(=O)O)C(=O)[C@@H]34)[C@H]12. The van der Waals surface area contributed by atoms with E-state index in [1.54, 1.807) is 18.9 Å². The molecule has 1 aromatic heterocycles. The summed E-state index contributed by atoms with van der Waals surface area (Å²) in [6.07, 6.45) is 0.558. The van der Waals surface area contributed by atoms with Crippen molar-refractivity contribution in [3.8, 4) is 5.75 Å². The number of aromatic nitrogens is 1. The van der Waals surface area contributed by atoms with Crippen LogP contribution in [-0.2, 0) is 14.4 Å². The molecule has 33 heavy (non-hydrogen) atoms. The third kappa shape index (κ3) is 2.89. The second-order valence-electron chi connectivity index (χ2n) is 9.17. The van der Waals surface area contributed by atoms with Crippen LogP contribution >= 0.6 is 23.1 Å². The smallest absolute Gasteiger partial charge is 0.305 e. The minimum absolute atomic E-state index is 0.00374. The van der Waals surface area contributed by atoms with E-state index in [4.69, 9.17) is 9.84 Å². The first kappa shape index (κ1) is 21.0. The molecular formula is C23H22N2O6S2. The summed E-state index contributed by atoms with van der Waals surface area (Å²) >= 11 is 2.85.